The number of rotatable bonds is 4. The number of carbonyl (C=O) groups excluding carboxylic acids is 2. The molecule has 0 radical (unpaired) electrons. The largest absolute Gasteiger partial charge is 0.381 e. The second kappa shape index (κ2) is 5.97. The maximum atomic E-state index is 12.1. The van der Waals surface area contributed by atoms with Crippen molar-refractivity contribution in [1.29, 1.82) is 0 Å². The Morgan fingerprint density at radius 2 is 2.00 bits per heavy atom. The average molecular weight is 243 g/mol. The van der Waals surface area contributed by atoms with E-state index >= 15 is 0 Å². The summed E-state index contributed by atoms with van der Waals surface area (Å²) in [6.45, 7) is 3.44. The van der Waals surface area contributed by atoms with Crippen LogP contribution in [0.4, 0.5) is 0 Å². The topological polar surface area (TPSA) is 84.7 Å². The molecule has 0 aromatic rings. The van der Waals surface area contributed by atoms with Crippen molar-refractivity contribution < 1.29 is 14.3 Å². The van der Waals surface area contributed by atoms with Gasteiger partial charge in [0.1, 0.15) is 0 Å². The lowest BCUT2D eigenvalue weighted by Crippen LogP contribution is -2.58. The first-order chi connectivity index (χ1) is 7.99. The van der Waals surface area contributed by atoms with Crippen LogP contribution in [0.25, 0.3) is 0 Å². The second-order valence-electron chi connectivity index (χ2n) is 4.38. The molecular weight excluding hydrogens is 222 g/mol. The van der Waals surface area contributed by atoms with Gasteiger partial charge in [0.25, 0.3) is 0 Å². The molecule has 0 aliphatic carbocycles. The highest BCUT2D eigenvalue weighted by atomic mass is 16.5. The van der Waals surface area contributed by atoms with E-state index in [1.807, 2.05) is 6.92 Å². The Bertz CT molecular complexity index is 288. The summed E-state index contributed by atoms with van der Waals surface area (Å²) < 4.78 is 5.18. The molecule has 1 aliphatic heterocycles. The lowest BCUT2D eigenvalue weighted by Gasteiger charge is -2.35. The summed E-state index contributed by atoms with van der Waals surface area (Å²) in [4.78, 5) is 24.9. The van der Waals surface area contributed by atoms with Crippen molar-refractivity contribution in [1.82, 2.24) is 10.2 Å². The zero-order chi connectivity index (χ0) is 12.9. The number of amides is 2. The fourth-order valence-corrected chi connectivity index (χ4v) is 1.87. The molecule has 0 spiro atoms. The van der Waals surface area contributed by atoms with E-state index in [0.29, 0.717) is 32.6 Å². The predicted molar refractivity (Wildman–Crippen MR) is 63.3 cm³/mol. The smallest absolute Gasteiger partial charge is 0.243 e. The van der Waals surface area contributed by atoms with Crippen molar-refractivity contribution >= 4 is 11.8 Å². The summed E-state index contributed by atoms with van der Waals surface area (Å²) in [5, 5.41) is 2.65. The molecule has 3 N–H and O–H groups in total. The fraction of sp³-hybridized carbons (Fsp3) is 0.818. The zero-order valence-corrected chi connectivity index (χ0v) is 10.5. The first-order valence-corrected chi connectivity index (χ1v) is 5.88. The number of hydrogen-bond donors (Lipinski definition) is 2. The maximum Gasteiger partial charge on any atom is 0.243 e. The third-order valence-corrected chi connectivity index (χ3v) is 2.91. The van der Waals surface area contributed by atoms with Gasteiger partial charge in [0.15, 0.2) is 0 Å². The summed E-state index contributed by atoms with van der Waals surface area (Å²) in [6.07, 6.45) is 1.01. The highest BCUT2D eigenvalue weighted by molar-refractivity contribution is 5.90. The van der Waals surface area contributed by atoms with Crippen LogP contribution in [-0.2, 0) is 14.3 Å². The Morgan fingerprint density at radius 3 is 2.53 bits per heavy atom. The molecule has 0 saturated carbocycles. The molecule has 0 aromatic carbocycles. The van der Waals surface area contributed by atoms with Gasteiger partial charge in [0, 0.05) is 26.8 Å². The van der Waals surface area contributed by atoms with Gasteiger partial charge in [0.2, 0.25) is 11.8 Å². The van der Waals surface area contributed by atoms with Crippen molar-refractivity contribution in [2.45, 2.75) is 25.3 Å². The van der Waals surface area contributed by atoms with Crippen molar-refractivity contribution in [2.75, 3.05) is 33.4 Å². The molecule has 1 rings (SSSR count). The molecule has 2 amide bonds. The Hall–Kier alpha value is -1.14. The minimum atomic E-state index is -0.876. The molecule has 0 bridgehead atoms. The number of likely N-dealkylation sites (N-methyl/N-ethyl adjacent to an activating group) is 2. The van der Waals surface area contributed by atoms with Gasteiger partial charge in [0.05, 0.1) is 12.1 Å². The predicted octanol–water partition coefficient (Wildman–Crippen LogP) is -0.911. The third-order valence-electron chi connectivity index (χ3n) is 2.91. The molecular formula is C11H21N3O3. The van der Waals surface area contributed by atoms with E-state index in [0.717, 1.165) is 0 Å². The Balaban J connectivity index is 2.53. The maximum absolute atomic E-state index is 12.1. The molecule has 6 heteroatoms. The zero-order valence-electron chi connectivity index (χ0n) is 10.5. The SMILES string of the molecule is CCNC(=O)CN(C)C(=O)C1(N)CCOCC1. The Labute approximate surface area is 101 Å². The van der Waals surface area contributed by atoms with Crippen molar-refractivity contribution in [2.24, 2.45) is 5.73 Å². The summed E-state index contributed by atoms with van der Waals surface area (Å²) in [5.74, 6) is -0.355. The van der Waals surface area contributed by atoms with Gasteiger partial charge in [-0.25, -0.2) is 0 Å². The number of nitrogens with two attached hydrogens (primary N) is 1. The molecule has 0 unspecified atom stereocenters. The summed E-state index contributed by atoms with van der Waals surface area (Å²) >= 11 is 0. The Morgan fingerprint density at radius 1 is 1.41 bits per heavy atom. The molecule has 1 saturated heterocycles. The van der Waals surface area contributed by atoms with Crippen molar-refractivity contribution in [3.05, 3.63) is 0 Å². The van der Waals surface area contributed by atoms with Crippen LogP contribution >= 0.6 is 0 Å². The van der Waals surface area contributed by atoms with E-state index in [4.69, 9.17) is 10.5 Å². The van der Waals surface area contributed by atoms with Crippen LogP contribution < -0.4 is 11.1 Å². The highest BCUT2D eigenvalue weighted by Crippen LogP contribution is 2.19. The number of carbonyl (C=O) groups is 2. The third kappa shape index (κ3) is 3.67. The molecule has 1 heterocycles. The van der Waals surface area contributed by atoms with Gasteiger partial charge in [-0.05, 0) is 19.8 Å². The van der Waals surface area contributed by atoms with Crippen LogP contribution in [0.15, 0.2) is 0 Å². The number of ether oxygens (including phenoxy) is 1. The number of hydrogen-bond acceptors (Lipinski definition) is 4. The van der Waals surface area contributed by atoms with Crippen LogP contribution in [0.3, 0.4) is 0 Å². The first kappa shape index (κ1) is 13.9. The van der Waals surface area contributed by atoms with Crippen LogP contribution in [0.5, 0.6) is 0 Å². The van der Waals surface area contributed by atoms with Crippen LogP contribution in [0, 0.1) is 0 Å². The van der Waals surface area contributed by atoms with Gasteiger partial charge in [-0.3, -0.25) is 9.59 Å². The molecule has 1 aliphatic rings. The fourth-order valence-electron chi connectivity index (χ4n) is 1.87. The Kier molecular flexibility index (Phi) is 4.89. The van der Waals surface area contributed by atoms with E-state index in [9.17, 15) is 9.59 Å². The molecule has 17 heavy (non-hydrogen) atoms. The van der Waals surface area contributed by atoms with Crippen molar-refractivity contribution in [3.8, 4) is 0 Å². The van der Waals surface area contributed by atoms with E-state index < -0.39 is 5.54 Å². The molecule has 0 atom stereocenters. The lowest BCUT2D eigenvalue weighted by molar-refractivity contribution is -0.142. The molecule has 0 aromatic heterocycles. The average Bonchev–Trinajstić information content (AvgIpc) is 2.29. The van der Waals surface area contributed by atoms with E-state index in [1.54, 1.807) is 7.05 Å². The number of nitrogens with zero attached hydrogens (tertiary/aromatic N) is 1. The standard InChI is InChI=1S/C11H21N3O3/c1-3-13-9(15)8-14(2)10(16)11(12)4-6-17-7-5-11/h3-8,12H2,1-2H3,(H,13,15). The minimum absolute atomic E-state index is 0.0481. The van der Waals surface area contributed by atoms with Gasteiger partial charge < -0.3 is 20.7 Å². The minimum Gasteiger partial charge on any atom is -0.381 e. The first-order valence-electron chi connectivity index (χ1n) is 5.88. The quantitative estimate of drug-likeness (QED) is 0.669. The summed E-state index contributed by atoms with van der Waals surface area (Å²) in [5.41, 5.74) is 5.17. The lowest BCUT2D eigenvalue weighted by atomic mass is 9.90. The van der Waals surface area contributed by atoms with Gasteiger partial charge >= 0.3 is 0 Å². The molecule has 1 fully saturated rings. The van der Waals surface area contributed by atoms with Gasteiger partial charge in [-0.1, -0.05) is 0 Å². The summed E-state index contributed by atoms with van der Waals surface area (Å²) in [7, 11) is 1.60. The molecule has 6 nitrogen and oxygen atoms in total. The monoisotopic (exact) mass is 243 g/mol. The van der Waals surface area contributed by atoms with Crippen LogP contribution in [-0.4, -0.2) is 55.6 Å². The van der Waals surface area contributed by atoms with Crippen LogP contribution in [0.2, 0.25) is 0 Å². The number of nitrogens with one attached hydrogen (secondary N) is 1. The van der Waals surface area contributed by atoms with E-state index in [2.05, 4.69) is 5.32 Å². The van der Waals surface area contributed by atoms with E-state index in [-0.39, 0.29) is 18.4 Å². The normalized spacial score (nSPS) is 18.5. The van der Waals surface area contributed by atoms with Gasteiger partial charge in [-0.2, -0.15) is 0 Å². The van der Waals surface area contributed by atoms with Crippen LogP contribution in [0.1, 0.15) is 19.8 Å². The summed E-state index contributed by atoms with van der Waals surface area (Å²) in [6, 6.07) is 0. The van der Waals surface area contributed by atoms with E-state index in [1.165, 1.54) is 4.90 Å². The van der Waals surface area contributed by atoms with Gasteiger partial charge in [-0.15, -0.1) is 0 Å². The second-order valence-corrected chi connectivity index (χ2v) is 4.38. The molecule has 98 valence electrons. The highest BCUT2D eigenvalue weighted by Gasteiger charge is 2.38. The van der Waals surface area contributed by atoms with Crippen molar-refractivity contribution in [3.63, 3.8) is 0 Å².